The average Bonchev–Trinajstić information content (AvgIpc) is 2.39. The second-order valence-corrected chi connectivity index (χ2v) is 4.75. The summed E-state index contributed by atoms with van der Waals surface area (Å²) in [7, 11) is 0. The Morgan fingerprint density at radius 3 is 2.47 bits per heavy atom. The van der Waals surface area contributed by atoms with Crippen molar-refractivity contribution >= 4 is 5.91 Å². The monoisotopic (exact) mass is 233 g/mol. The highest BCUT2D eigenvalue weighted by Gasteiger charge is 2.19. The fraction of sp³-hybridized carbons (Fsp3) is 0.500. The molecule has 1 aliphatic rings. The molecule has 1 aromatic carbocycles. The van der Waals surface area contributed by atoms with E-state index < -0.39 is 0 Å². The standard InChI is InChI=1S/C14H19NO2/c16-13-8-6-11(7-9-13)10-15-14(17)12-4-2-1-3-5-12/h1-5,11,13,16H,6-10H2,(H,15,17). The zero-order valence-electron chi connectivity index (χ0n) is 9.93. The molecule has 0 saturated heterocycles. The van der Waals surface area contributed by atoms with Crippen LogP contribution in [0.1, 0.15) is 36.0 Å². The Morgan fingerprint density at radius 1 is 1.18 bits per heavy atom. The van der Waals surface area contributed by atoms with Gasteiger partial charge in [0.25, 0.3) is 5.91 Å². The third-order valence-electron chi connectivity index (χ3n) is 3.40. The summed E-state index contributed by atoms with van der Waals surface area (Å²) < 4.78 is 0. The van der Waals surface area contributed by atoms with Gasteiger partial charge >= 0.3 is 0 Å². The molecular weight excluding hydrogens is 214 g/mol. The predicted molar refractivity (Wildman–Crippen MR) is 66.7 cm³/mol. The maximum Gasteiger partial charge on any atom is 0.251 e. The molecule has 0 bridgehead atoms. The van der Waals surface area contributed by atoms with Gasteiger partial charge in [-0.3, -0.25) is 4.79 Å². The van der Waals surface area contributed by atoms with Crippen LogP contribution in [0, 0.1) is 5.92 Å². The van der Waals surface area contributed by atoms with Crippen molar-refractivity contribution in [3.63, 3.8) is 0 Å². The van der Waals surface area contributed by atoms with Gasteiger partial charge in [0, 0.05) is 12.1 Å². The SMILES string of the molecule is O=C(NCC1CCC(O)CC1)c1ccccc1. The first-order valence-electron chi connectivity index (χ1n) is 6.27. The summed E-state index contributed by atoms with van der Waals surface area (Å²) in [6, 6.07) is 9.27. The third-order valence-corrected chi connectivity index (χ3v) is 3.40. The fourth-order valence-electron chi connectivity index (χ4n) is 2.28. The molecule has 3 heteroatoms. The number of benzene rings is 1. The van der Waals surface area contributed by atoms with Crippen LogP contribution in [0.3, 0.4) is 0 Å². The Labute approximate surface area is 102 Å². The van der Waals surface area contributed by atoms with Gasteiger partial charge in [-0.25, -0.2) is 0 Å². The van der Waals surface area contributed by atoms with Crippen LogP contribution in [0.5, 0.6) is 0 Å². The van der Waals surface area contributed by atoms with E-state index in [-0.39, 0.29) is 12.0 Å². The molecule has 92 valence electrons. The van der Waals surface area contributed by atoms with Crippen LogP contribution in [0.4, 0.5) is 0 Å². The van der Waals surface area contributed by atoms with Crippen LogP contribution in [0.2, 0.25) is 0 Å². The lowest BCUT2D eigenvalue weighted by Crippen LogP contribution is -2.32. The van der Waals surface area contributed by atoms with Crippen molar-refractivity contribution < 1.29 is 9.90 Å². The molecule has 2 N–H and O–H groups in total. The van der Waals surface area contributed by atoms with Crippen LogP contribution in [0.15, 0.2) is 30.3 Å². The Hall–Kier alpha value is -1.35. The predicted octanol–water partition coefficient (Wildman–Crippen LogP) is 1.97. The van der Waals surface area contributed by atoms with Crippen LogP contribution < -0.4 is 5.32 Å². The number of aliphatic hydroxyl groups is 1. The fourth-order valence-corrected chi connectivity index (χ4v) is 2.28. The smallest absolute Gasteiger partial charge is 0.251 e. The second kappa shape index (κ2) is 5.82. The molecule has 0 aliphatic heterocycles. The molecule has 0 heterocycles. The van der Waals surface area contributed by atoms with Crippen molar-refractivity contribution in [3.05, 3.63) is 35.9 Å². The average molecular weight is 233 g/mol. The van der Waals surface area contributed by atoms with Gasteiger partial charge < -0.3 is 10.4 Å². The minimum absolute atomic E-state index is 0.00304. The molecule has 1 amide bonds. The Kier molecular flexibility index (Phi) is 4.15. The minimum atomic E-state index is -0.129. The highest BCUT2D eigenvalue weighted by Crippen LogP contribution is 2.23. The molecule has 0 aromatic heterocycles. The second-order valence-electron chi connectivity index (χ2n) is 4.75. The summed E-state index contributed by atoms with van der Waals surface area (Å²) in [5, 5.41) is 12.4. The highest BCUT2D eigenvalue weighted by molar-refractivity contribution is 5.94. The van der Waals surface area contributed by atoms with Gasteiger partial charge in [-0.1, -0.05) is 18.2 Å². The topological polar surface area (TPSA) is 49.3 Å². The van der Waals surface area contributed by atoms with Gasteiger partial charge in [0.2, 0.25) is 0 Å². The zero-order chi connectivity index (χ0) is 12.1. The van der Waals surface area contributed by atoms with Gasteiger partial charge in [0.1, 0.15) is 0 Å². The molecule has 2 rings (SSSR count). The summed E-state index contributed by atoms with van der Waals surface area (Å²) in [4.78, 5) is 11.8. The molecule has 1 saturated carbocycles. The zero-order valence-corrected chi connectivity index (χ0v) is 9.93. The third kappa shape index (κ3) is 3.56. The molecule has 17 heavy (non-hydrogen) atoms. The maximum atomic E-state index is 11.8. The minimum Gasteiger partial charge on any atom is -0.393 e. The molecule has 0 atom stereocenters. The van der Waals surface area contributed by atoms with E-state index in [1.807, 2.05) is 30.3 Å². The van der Waals surface area contributed by atoms with Gasteiger partial charge in [-0.2, -0.15) is 0 Å². The number of carbonyl (C=O) groups is 1. The van der Waals surface area contributed by atoms with Crippen molar-refractivity contribution in [2.24, 2.45) is 5.92 Å². The first kappa shape index (κ1) is 12.1. The summed E-state index contributed by atoms with van der Waals surface area (Å²) in [5.74, 6) is 0.516. The lowest BCUT2D eigenvalue weighted by Gasteiger charge is -2.25. The number of hydrogen-bond donors (Lipinski definition) is 2. The van der Waals surface area contributed by atoms with Crippen molar-refractivity contribution in [2.75, 3.05) is 6.54 Å². The van der Waals surface area contributed by atoms with Crippen molar-refractivity contribution in [1.82, 2.24) is 5.32 Å². The van der Waals surface area contributed by atoms with Crippen molar-refractivity contribution in [3.8, 4) is 0 Å². The summed E-state index contributed by atoms with van der Waals surface area (Å²) in [6.45, 7) is 0.723. The van der Waals surface area contributed by atoms with Crippen molar-refractivity contribution in [2.45, 2.75) is 31.8 Å². The van der Waals surface area contributed by atoms with Crippen molar-refractivity contribution in [1.29, 1.82) is 0 Å². The Morgan fingerprint density at radius 2 is 1.82 bits per heavy atom. The van der Waals surface area contributed by atoms with Crippen LogP contribution >= 0.6 is 0 Å². The molecule has 1 aliphatic carbocycles. The number of aliphatic hydroxyl groups excluding tert-OH is 1. The first-order valence-corrected chi connectivity index (χ1v) is 6.27. The van der Waals surface area contributed by atoms with E-state index >= 15 is 0 Å². The molecule has 0 unspecified atom stereocenters. The Balaban J connectivity index is 1.77. The molecule has 1 fully saturated rings. The number of carbonyl (C=O) groups excluding carboxylic acids is 1. The molecule has 1 aromatic rings. The molecule has 0 radical (unpaired) electrons. The van der Waals surface area contributed by atoms with E-state index in [9.17, 15) is 9.90 Å². The summed E-state index contributed by atoms with van der Waals surface area (Å²) in [5.41, 5.74) is 0.711. The van der Waals surface area contributed by atoms with Crippen LogP contribution in [-0.2, 0) is 0 Å². The van der Waals surface area contributed by atoms with Crippen LogP contribution in [-0.4, -0.2) is 23.7 Å². The van der Waals surface area contributed by atoms with E-state index in [0.29, 0.717) is 11.5 Å². The number of rotatable bonds is 3. The molecule has 0 spiro atoms. The van der Waals surface area contributed by atoms with E-state index in [2.05, 4.69) is 5.32 Å². The normalized spacial score (nSPS) is 24.3. The van der Waals surface area contributed by atoms with E-state index in [1.165, 1.54) is 0 Å². The van der Waals surface area contributed by atoms with E-state index in [4.69, 9.17) is 0 Å². The maximum absolute atomic E-state index is 11.8. The largest absolute Gasteiger partial charge is 0.393 e. The van der Waals surface area contributed by atoms with E-state index in [0.717, 1.165) is 32.2 Å². The van der Waals surface area contributed by atoms with Gasteiger partial charge in [0.05, 0.1) is 6.10 Å². The van der Waals surface area contributed by atoms with E-state index in [1.54, 1.807) is 0 Å². The van der Waals surface area contributed by atoms with Gasteiger partial charge in [-0.05, 0) is 43.7 Å². The van der Waals surface area contributed by atoms with Gasteiger partial charge in [0.15, 0.2) is 0 Å². The van der Waals surface area contributed by atoms with Gasteiger partial charge in [-0.15, -0.1) is 0 Å². The Bertz CT molecular complexity index is 356. The van der Waals surface area contributed by atoms with Crippen LogP contribution in [0.25, 0.3) is 0 Å². The quantitative estimate of drug-likeness (QED) is 0.838. The lowest BCUT2D eigenvalue weighted by molar-refractivity contribution is 0.0910. The summed E-state index contributed by atoms with van der Waals surface area (Å²) >= 11 is 0. The highest BCUT2D eigenvalue weighted by atomic mass is 16.3. The number of nitrogens with one attached hydrogen (secondary N) is 1. The molecule has 3 nitrogen and oxygen atoms in total. The number of amides is 1. The lowest BCUT2D eigenvalue weighted by atomic mass is 9.87. The molecular formula is C14H19NO2. The first-order chi connectivity index (χ1) is 8.25. The summed E-state index contributed by atoms with van der Waals surface area (Å²) in [6.07, 6.45) is 3.63. The number of hydrogen-bond acceptors (Lipinski definition) is 2.